The number of anilines is 1. The second-order valence-corrected chi connectivity index (χ2v) is 6.37. The van der Waals surface area contributed by atoms with E-state index in [2.05, 4.69) is 55.3 Å². The molecule has 0 amide bonds. The lowest BCUT2D eigenvalue weighted by molar-refractivity contribution is 0.144. The van der Waals surface area contributed by atoms with Crippen LogP contribution in [0.1, 0.15) is 38.7 Å². The number of aliphatic hydroxyl groups is 1. The number of hydrogen-bond acceptors (Lipinski definition) is 3. The minimum atomic E-state index is -0.142. The zero-order chi connectivity index (χ0) is 15.3. The summed E-state index contributed by atoms with van der Waals surface area (Å²) in [7, 11) is 0. The highest BCUT2D eigenvalue weighted by atomic mass is 16.3. The van der Waals surface area contributed by atoms with E-state index >= 15 is 0 Å². The number of nitrogens with one attached hydrogen (secondary N) is 1. The first kappa shape index (κ1) is 16.3. The Morgan fingerprint density at radius 1 is 1.24 bits per heavy atom. The molecule has 2 N–H and O–H groups in total. The fourth-order valence-electron chi connectivity index (χ4n) is 3.06. The molecule has 21 heavy (non-hydrogen) atoms. The minimum absolute atomic E-state index is 0.142. The molecule has 118 valence electrons. The molecular formula is C18H30N2O. The molecule has 0 aliphatic heterocycles. The highest BCUT2D eigenvalue weighted by Gasteiger charge is 2.45. The molecule has 2 rings (SSSR count). The Morgan fingerprint density at radius 2 is 1.90 bits per heavy atom. The lowest BCUT2D eigenvalue weighted by Gasteiger charge is -2.39. The van der Waals surface area contributed by atoms with E-state index in [1.807, 2.05) is 0 Å². The summed E-state index contributed by atoms with van der Waals surface area (Å²) in [5, 5.41) is 13.7. The van der Waals surface area contributed by atoms with Gasteiger partial charge in [0.15, 0.2) is 0 Å². The van der Waals surface area contributed by atoms with Gasteiger partial charge in [0.2, 0.25) is 0 Å². The van der Waals surface area contributed by atoms with E-state index in [4.69, 9.17) is 0 Å². The van der Waals surface area contributed by atoms with Crippen molar-refractivity contribution in [1.29, 1.82) is 0 Å². The molecule has 1 saturated carbocycles. The van der Waals surface area contributed by atoms with Gasteiger partial charge in [-0.2, -0.15) is 0 Å². The van der Waals surface area contributed by atoms with Crippen molar-refractivity contribution in [2.45, 2.75) is 45.6 Å². The molecule has 0 saturated heterocycles. The van der Waals surface area contributed by atoms with Crippen LogP contribution in [0.25, 0.3) is 0 Å². The van der Waals surface area contributed by atoms with Crippen LogP contribution in [0, 0.1) is 12.8 Å². The van der Waals surface area contributed by atoms with Gasteiger partial charge in [-0.3, -0.25) is 0 Å². The fraction of sp³-hybridized carbons (Fsp3) is 0.667. The van der Waals surface area contributed by atoms with E-state index in [-0.39, 0.29) is 12.1 Å². The maximum absolute atomic E-state index is 10.1. The Kier molecular flexibility index (Phi) is 5.65. The predicted octanol–water partition coefficient (Wildman–Crippen LogP) is 2.96. The maximum atomic E-state index is 10.1. The zero-order valence-corrected chi connectivity index (χ0v) is 13.7. The Labute approximate surface area is 129 Å². The third-order valence-electron chi connectivity index (χ3n) is 4.62. The Bertz CT molecular complexity index is 427. The minimum Gasteiger partial charge on any atom is -0.394 e. The number of hydrogen-bond donors (Lipinski definition) is 2. The van der Waals surface area contributed by atoms with Crippen molar-refractivity contribution in [1.82, 2.24) is 5.32 Å². The van der Waals surface area contributed by atoms with Crippen LogP contribution in [0.4, 0.5) is 5.69 Å². The summed E-state index contributed by atoms with van der Waals surface area (Å²) in [6, 6.07) is 8.70. The molecule has 1 aromatic rings. The first-order valence-electron chi connectivity index (χ1n) is 8.32. The zero-order valence-electron chi connectivity index (χ0n) is 13.7. The van der Waals surface area contributed by atoms with Crippen molar-refractivity contribution in [3.05, 3.63) is 29.8 Å². The Balaban J connectivity index is 2.14. The first-order valence-corrected chi connectivity index (χ1v) is 8.32. The van der Waals surface area contributed by atoms with Gasteiger partial charge in [0.05, 0.1) is 12.1 Å². The smallest absolute Gasteiger partial charge is 0.0633 e. The molecule has 0 radical (unpaired) electrons. The van der Waals surface area contributed by atoms with Gasteiger partial charge in [0, 0.05) is 18.8 Å². The van der Waals surface area contributed by atoms with Crippen LogP contribution in [-0.4, -0.2) is 36.9 Å². The number of aryl methyl sites for hydroxylation is 1. The van der Waals surface area contributed by atoms with E-state index in [0.29, 0.717) is 5.92 Å². The molecule has 3 heteroatoms. The molecular weight excluding hydrogens is 260 g/mol. The standard InChI is InChI=1S/C18H30N2O/c1-4-12-19-18(14-21,16-8-9-16)13-20(5-2)17-10-6-15(3)7-11-17/h6-7,10-11,16,19,21H,4-5,8-9,12-14H2,1-3H3. The predicted molar refractivity (Wildman–Crippen MR) is 89.9 cm³/mol. The number of benzene rings is 1. The van der Waals surface area contributed by atoms with Gasteiger partial charge in [-0.05, 0) is 57.7 Å². The number of rotatable bonds is 9. The second kappa shape index (κ2) is 7.28. The van der Waals surface area contributed by atoms with Crippen LogP contribution in [0.5, 0.6) is 0 Å². The molecule has 0 bridgehead atoms. The van der Waals surface area contributed by atoms with Gasteiger partial charge in [-0.25, -0.2) is 0 Å². The molecule has 1 atom stereocenters. The van der Waals surface area contributed by atoms with Gasteiger partial charge >= 0.3 is 0 Å². The van der Waals surface area contributed by atoms with Crippen LogP contribution >= 0.6 is 0 Å². The molecule has 0 spiro atoms. The Morgan fingerprint density at radius 3 is 2.38 bits per heavy atom. The third kappa shape index (κ3) is 3.98. The lowest BCUT2D eigenvalue weighted by atomic mass is 9.92. The first-order chi connectivity index (χ1) is 10.1. The molecule has 1 aliphatic carbocycles. The monoisotopic (exact) mass is 290 g/mol. The number of likely N-dealkylation sites (N-methyl/N-ethyl adjacent to an activating group) is 1. The molecule has 1 aromatic carbocycles. The summed E-state index contributed by atoms with van der Waals surface area (Å²) in [5.41, 5.74) is 2.39. The fourth-order valence-corrected chi connectivity index (χ4v) is 3.06. The lowest BCUT2D eigenvalue weighted by Crippen LogP contribution is -2.58. The van der Waals surface area contributed by atoms with Gasteiger partial charge in [0.25, 0.3) is 0 Å². The van der Waals surface area contributed by atoms with E-state index in [9.17, 15) is 5.11 Å². The van der Waals surface area contributed by atoms with E-state index in [1.165, 1.54) is 24.1 Å². The van der Waals surface area contributed by atoms with Crippen molar-refractivity contribution in [2.75, 3.05) is 31.1 Å². The third-order valence-corrected chi connectivity index (χ3v) is 4.62. The summed E-state index contributed by atoms with van der Waals surface area (Å²) in [6.45, 7) is 9.53. The summed E-state index contributed by atoms with van der Waals surface area (Å²) in [5.74, 6) is 0.619. The second-order valence-electron chi connectivity index (χ2n) is 6.37. The highest BCUT2D eigenvalue weighted by Crippen LogP contribution is 2.40. The molecule has 0 aromatic heterocycles. The van der Waals surface area contributed by atoms with Crippen molar-refractivity contribution in [2.24, 2.45) is 5.92 Å². The van der Waals surface area contributed by atoms with Crippen LogP contribution in [0.15, 0.2) is 24.3 Å². The van der Waals surface area contributed by atoms with Crippen molar-refractivity contribution in [3.63, 3.8) is 0 Å². The van der Waals surface area contributed by atoms with E-state index < -0.39 is 0 Å². The van der Waals surface area contributed by atoms with Gasteiger partial charge < -0.3 is 15.3 Å². The molecule has 3 nitrogen and oxygen atoms in total. The van der Waals surface area contributed by atoms with Crippen molar-refractivity contribution in [3.8, 4) is 0 Å². The quantitative estimate of drug-likeness (QED) is 0.734. The SMILES string of the molecule is CCCNC(CO)(CN(CC)c1ccc(C)cc1)C1CC1. The van der Waals surface area contributed by atoms with Crippen LogP contribution in [-0.2, 0) is 0 Å². The summed E-state index contributed by atoms with van der Waals surface area (Å²) >= 11 is 0. The van der Waals surface area contributed by atoms with Gasteiger partial charge in [-0.1, -0.05) is 24.6 Å². The van der Waals surface area contributed by atoms with Crippen molar-refractivity contribution < 1.29 is 5.11 Å². The largest absolute Gasteiger partial charge is 0.394 e. The summed E-state index contributed by atoms with van der Waals surface area (Å²) in [4.78, 5) is 2.39. The van der Waals surface area contributed by atoms with Crippen LogP contribution < -0.4 is 10.2 Å². The maximum Gasteiger partial charge on any atom is 0.0633 e. The number of nitrogens with zero attached hydrogens (tertiary/aromatic N) is 1. The van der Waals surface area contributed by atoms with E-state index in [0.717, 1.165) is 26.1 Å². The molecule has 1 aliphatic rings. The average Bonchev–Trinajstić information content (AvgIpc) is 3.34. The normalized spacial score (nSPS) is 17.5. The average molecular weight is 290 g/mol. The summed E-state index contributed by atoms with van der Waals surface area (Å²) < 4.78 is 0. The van der Waals surface area contributed by atoms with Crippen molar-refractivity contribution >= 4 is 5.69 Å². The van der Waals surface area contributed by atoms with Crippen LogP contribution in [0.3, 0.4) is 0 Å². The van der Waals surface area contributed by atoms with Crippen LogP contribution in [0.2, 0.25) is 0 Å². The van der Waals surface area contributed by atoms with Gasteiger partial charge in [-0.15, -0.1) is 0 Å². The molecule has 1 fully saturated rings. The Hall–Kier alpha value is -1.06. The number of aliphatic hydroxyl groups excluding tert-OH is 1. The molecule has 1 unspecified atom stereocenters. The van der Waals surface area contributed by atoms with E-state index in [1.54, 1.807) is 0 Å². The highest BCUT2D eigenvalue weighted by molar-refractivity contribution is 5.48. The van der Waals surface area contributed by atoms with Gasteiger partial charge in [0.1, 0.15) is 0 Å². The molecule has 0 heterocycles. The summed E-state index contributed by atoms with van der Waals surface area (Å²) in [6.07, 6.45) is 3.58. The topological polar surface area (TPSA) is 35.5 Å².